The Morgan fingerprint density at radius 1 is 1.19 bits per heavy atom. The summed E-state index contributed by atoms with van der Waals surface area (Å²) in [5.74, 6) is 0. The van der Waals surface area contributed by atoms with E-state index in [1.54, 1.807) is 0 Å². The fourth-order valence-electron chi connectivity index (χ4n) is 2.51. The molecule has 16 heavy (non-hydrogen) atoms. The number of likely N-dealkylation sites (N-methyl/N-ethyl adjacent to an activating group) is 1. The van der Waals surface area contributed by atoms with Gasteiger partial charge in [0.25, 0.3) is 0 Å². The van der Waals surface area contributed by atoms with E-state index in [0.717, 1.165) is 32.7 Å². The molecule has 1 atom stereocenters. The second-order valence-electron chi connectivity index (χ2n) is 4.24. The van der Waals surface area contributed by atoms with Crippen LogP contribution in [-0.2, 0) is 0 Å². The Kier molecular flexibility index (Phi) is 3.93. The van der Waals surface area contributed by atoms with Crippen LogP contribution in [0.2, 0.25) is 0 Å². The standard InChI is InChI=1S/C13H21N3/c1-2-15-10-11-16(9-8-14)13(15)12-6-4-3-5-7-12/h3-7,13H,2,8-11,14H2,1H3. The highest BCUT2D eigenvalue weighted by molar-refractivity contribution is 5.19. The largest absolute Gasteiger partial charge is 0.329 e. The topological polar surface area (TPSA) is 32.5 Å². The van der Waals surface area contributed by atoms with Crippen molar-refractivity contribution >= 4 is 0 Å². The van der Waals surface area contributed by atoms with Gasteiger partial charge in [0.2, 0.25) is 0 Å². The molecule has 0 radical (unpaired) electrons. The summed E-state index contributed by atoms with van der Waals surface area (Å²) in [5.41, 5.74) is 7.06. The molecule has 0 amide bonds. The Labute approximate surface area is 97.8 Å². The van der Waals surface area contributed by atoms with Gasteiger partial charge in [-0.15, -0.1) is 0 Å². The van der Waals surface area contributed by atoms with E-state index in [-0.39, 0.29) is 0 Å². The molecule has 0 aromatic heterocycles. The van der Waals surface area contributed by atoms with E-state index >= 15 is 0 Å². The SMILES string of the molecule is CCN1CCN(CCN)C1c1ccccc1. The molecule has 1 aliphatic rings. The molecule has 0 aliphatic carbocycles. The lowest BCUT2D eigenvalue weighted by atomic mass is 10.1. The zero-order valence-corrected chi connectivity index (χ0v) is 9.97. The molecule has 3 nitrogen and oxygen atoms in total. The van der Waals surface area contributed by atoms with Crippen molar-refractivity contribution in [2.75, 3.05) is 32.7 Å². The molecule has 2 N–H and O–H groups in total. The number of nitrogens with zero attached hydrogens (tertiary/aromatic N) is 2. The molecular formula is C13H21N3. The maximum absolute atomic E-state index is 5.68. The van der Waals surface area contributed by atoms with Crippen LogP contribution in [-0.4, -0.2) is 42.5 Å². The van der Waals surface area contributed by atoms with Crippen LogP contribution < -0.4 is 5.73 Å². The lowest BCUT2D eigenvalue weighted by Gasteiger charge is -2.29. The minimum Gasteiger partial charge on any atom is -0.329 e. The highest BCUT2D eigenvalue weighted by Gasteiger charge is 2.30. The minimum absolute atomic E-state index is 0.426. The maximum Gasteiger partial charge on any atom is 0.0887 e. The second kappa shape index (κ2) is 5.43. The molecule has 88 valence electrons. The van der Waals surface area contributed by atoms with Gasteiger partial charge < -0.3 is 5.73 Å². The summed E-state index contributed by atoms with van der Waals surface area (Å²) < 4.78 is 0. The van der Waals surface area contributed by atoms with Gasteiger partial charge in [-0.2, -0.15) is 0 Å². The summed E-state index contributed by atoms with van der Waals surface area (Å²) in [5, 5.41) is 0. The molecule has 3 heteroatoms. The average Bonchev–Trinajstić information content (AvgIpc) is 2.74. The first kappa shape index (κ1) is 11.6. The number of benzene rings is 1. The van der Waals surface area contributed by atoms with Gasteiger partial charge in [0.15, 0.2) is 0 Å². The fraction of sp³-hybridized carbons (Fsp3) is 0.538. The Morgan fingerprint density at radius 3 is 2.50 bits per heavy atom. The zero-order chi connectivity index (χ0) is 11.4. The number of hydrogen-bond donors (Lipinski definition) is 1. The van der Waals surface area contributed by atoms with Crippen LogP contribution in [0.25, 0.3) is 0 Å². The molecule has 0 bridgehead atoms. The predicted octanol–water partition coefficient (Wildman–Crippen LogP) is 1.28. The van der Waals surface area contributed by atoms with Gasteiger partial charge in [-0.05, 0) is 12.1 Å². The molecule has 1 fully saturated rings. The van der Waals surface area contributed by atoms with Gasteiger partial charge in [0.1, 0.15) is 0 Å². The van der Waals surface area contributed by atoms with Crippen LogP contribution in [0.3, 0.4) is 0 Å². The third-order valence-electron chi connectivity index (χ3n) is 3.29. The van der Waals surface area contributed by atoms with Crippen LogP contribution in [0.1, 0.15) is 18.7 Å². The van der Waals surface area contributed by atoms with Crippen molar-refractivity contribution in [3.63, 3.8) is 0 Å². The van der Waals surface area contributed by atoms with Crippen molar-refractivity contribution in [2.24, 2.45) is 5.73 Å². The minimum atomic E-state index is 0.426. The van der Waals surface area contributed by atoms with E-state index in [4.69, 9.17) is 5.73 Å². The van der Waals surface area contributed by atoms with Crippen LogP contribution in [0.4, 0.5) is 0 Å². The molecule has 1 aliphatic heterocycles. The van der Waals surface area contributed by atoms with E-state index in [0.29, 0.717) is 6.17 Å². The van der Waals surface area contributed by atoms with E-state index in [1.165, 1.54) is 5.56 Å². The van der Waals surface area contributed by atoms with Gasteiger partial charge in [-0.25, -0.2) is 0 Å². The Bertz CT molecular complexity index is 312. The number of rotatable bonds is 4. The summed E-state index contributed by atoms with van der Waals surface area (Å²) in [6, 6.07) is 10.7. The van der Waals surface area contributed by atoms with Gasteiger partial charge >= 0.3 is 0 Å². The molecular weight excluding hydrogens is 198 g/mol. The van der Waals surface area contributed by atoms with Crippen molar-refractivity contribution in [1.82, 2.24) is 9.80 Å². The molecule has 1 aromatic rings. The van der Waals surface area contributed by atoms with E-state index in [2.05, 4.69) is 47.1 Å². The zero-order valence-electron chi connectivity index (χ0n) is 9.97. The molecule has 0 spiro atoms. The Morgan fingerprint density at radius 2 is 1.88 bits per heavy atom. The maximum atomic E-state index is 5.68. The third-order valence-corrected chi connectivity index (χ3v) is 3.29. The second-order valence-corrected chi connectivity index (χ2v) is 4.24. The number of nitrogens with two attached hydrogens (primary N) is 1. The molecule has 1 unspecified atom stereocenters. The smallest absolute Gasteiger partial charge is 0.0887 e. The van der Waals surface area contributed by atoms with Gasteiger partial charge in [-0.1, -0.05) is 37.3 Å². The average molecular weight is 219 g/mol. The normalized spacial score (nSPS) is 22.8. The molecule has 1 saturated heterocycles. The van der Waals surface area contributed by atoms with E-state index in [9.17, 15) is 0 Å². The summed E-state index contributed by atoms with van der Waals surface area (Å²) in [7, 11) is 0. The molecule has 0 saturated carbocycles. The monoisotopic (exact) mass is 219 g/mol. The van der Waals surface area contributed by atoms with Gasteiger partial charge in [0, 0.05) is 26.2 Å². The van der Waals surface area contributed by atoms with E-state index in [1.807, 2.05) is 0 Å². The fourth-order valence-corrected chi connectivity index (χ4v) is 2.51. The van der Waals surface area contributed by atoms with Crippen LogP contribution in [0.15, 0.2) is 30.3 Å². The first-order chi connectivity index (χ1) is 7.86. The molecule has 2 rings (SSSR count). The van der Waals surface area contributed by atoms with Crippen LogP contribution >= 0.6 is 0 Å². The predicted molar refractivity (Wildman–Crippen MR) is 67.1 cm³/mol. The summed E-state index contributed by atoms with van der Waals surface area (Å²) >= 11 is 0. The lowest BCUT2D eigenvalue weighted by molar-refractivity contribution is 0.146. The Balaban J connectivity index is 2.19. The first-order valence-electron chi connectivity index (χ1n) is 6.10. The molecule has 1 aromatic carbocycles. The highest BCUT2D eigenvalue weighted by atomic mass is 15.4. The summed E-state index contributed by atoms with van der Waals surface area (Å²) in [6.07, 6.45) is 0.426. The van der Waals surface area contributed by atoms with Crippen LogP contribution in [0.5, 0.6) is 0 Å². The van der Waals surface area contributed by atoms with Crippen molar-refractivity contribution in [1.29, 1.82) is 0 Å². The van der Waals surface area contributed by atoms with E-state index < -0.39 is 0 Å². The summed E-state index contributed by atoms with van der Waals surface area (Å²) in [4.78, 5) is 4.98. The van der Waals surface area contributed by atoms with Crippen molar-refractivity contribution in [3.8, 4) is 0 Å². The third kappa shape index (κ3) is 2.26. The Hall–Kier alpha value is -0.900. The first-order valence-corrected chi connectivity index (χ1v) is 6.10. The quantitative estimate of drug-likeness (QED) is 0.828. The lowest BCUT2D eigenvalue weighted by Crippen LogP contribution is -2.33. The van der Waals surface area contributed by atoms with Gasteiger partial charge in [0.05, 0.1) is 6.17 Å². The highest BCUT2D eigenvalue weighted by Crippen LogP contribution is 2.28. The van der Waals surface area contributed by atoms with Gasteiger partial charge in [-0.3, -0.25) is 9.80 Å². The molecule has 1 heterocycles. The van der Waals surface area contributed by atoms with Crippen molar-refractivity contribution in [2.45, 2.75) is 13.1 Å². The van der Waals surface area contributed by atoms with Crippen LogP contribution in [0, 0.1) is 0 Å². The number of hydrogen-bond acceptors (Lipinski definition) is 3. The van der Waals surface area contributed by atoms with Crippen molar-refractivity contribution in [3.05, 3.63) is 35.9 Å². The summed E-state index contributed by atoms with van der Waals surface area (Å²) in [6.45, 7) is 7.32. The van der Waals surface area contributed by atoms with Crippen molar-refractivity contribution < 1.29 is 0 Å².